The highest BCUT2D eigenvalue weighted by Crippen LogP contribution is 2.33. The molecule has 0 fully saturated rings. The summed E-state index contributed by atoms with van der Waals surface area (Å²) >= 11 is 5.92. The third kappa shape index (κ3) is 5.27. The summed E-state index contributed by atoms with van der Waals surface area (Å²) in [5.41, 5.74) is 3.46. The van der Waals surface area contributed by atoms with Gasteiger partial charge in [-0.05, 0) is 52.7 Å². The Bertz CT molecular complexity index is 722. The number of anilines is 2. The van der Waals surface area contributed by atoms with E-state index in [9.17, 15) is 0 Å². The van der Waals surface area contributed by atoms with Crippen molar-refractivity contribution in [2.45, 2.75) is 46.3 Å². The van der Waals surface area contributed by atoms with Crippen LogP contribution in [0.15, 0.2) is 30.5 Å². The zero-order chi connectivity index (χ0) is 18.6. The summed E-state index contributed by atoms with van der Waals surface area (Å²) in [6.45, 7) is 11.9. The van der Waals surface area contributed by atoms with Crippen LogP contribution in [0, 0.1) is 12.8 Å². The van der Waals surface area contributed by atoms with Gasteiger partial charge in [-0.25, -0.2) is 9.97 Å². The molecule has 0 unspecified atom stereocenters. The third-order valence-corrected chi connectivity index (χ3v) is 7.05. The Hall–Kier alpha value is -1.43. The number of nitrogens with zero attached hydrogens (tertiary/aromatic N) is 3. The summed E-state index contributed by atoms with van der Waals surface area (Å²) in [6.07, 6.45) is 1.67. The first-order valence-electron chi connectivity index (χ1n) is 8.60. The van der Waals surface area contributed by atoms with Crippen molar-refractivity contribution in [3.8, 4) is 0 Å². The monoisotopic (exact) mass is 377 g/mol. The Morgan fingerprint density at radius 2 is 2.00 bits per heavy atom. The van der Waals surface area contributed by atoms with Crippen LogP contribution in [0.1, 0.15) is 38.8 Å². The molecular weight excluding hydrogens is 350 g/mol. The quantitative estimate of drug-likeness (QED) is 0.519. The van der Waals surface area contributed by atoms with E-state index >= 15 is 0 Å². The number of halogens is 1. The molecule has 0 radical (unpaired) electrons. The standard InChI is InChI=1S/C19H28ClN3OSi/c1-13(2)19(4,5)25-24-12-15-8-7-14(3)16(11-15)23(6)17-9-10-21-18(20)22-17/h7-11,13H,12,25H2,1-6H3. The second-order valence-electron chi connectivity index (χ2n) is 7.50. The molecule has 0 saturated carbocycles. The maximum Gasteiger partial charge on any atom is 0.224 e. The molecule has 0 aliphatic rings. The molecule has 0 spiro atoms. The molecule has 0 bridgehead atoms. The maximum absolute atomic E-state index is 6.12. The van der Waals surface area contributed by atoms with Gasteiger partial charge < -0.3 is 9.33 Å². The molecule has 1 aromatic heterocycles. The van der Waals surface area contributed by atoms with Crippen molar-refractivity contribution in [3.63, 3.8) is 0 Å². The fraction of sp³-hybridized carbons (Fsp3) is 0.474. The number of aromatic nitrogens is 2. The van der Waals surface area contributed by atoms with Crippen molar-refractivity contribution in [2.75, 3.05) is 11.9 Å². The lowest BCUT2D eigenvalue weighted by atomic mass is 9.99. The minimum atomic E-state index is -0.601. The van der Waals surface area contributed by atoms with E-state index in [4.69, 9.17) is 16.0 Å². The predicted molar refractivity (Wildman–Crippen MR) is 108 cm³/mol. The average molecular weight is 378 g/mol. The lowest BCUT2D eigenvalue weighted by Gasteiger charge is -2.28. The molecule has 4 nitrogen and oxygen atoms in total. The Morgan fingerprint density at radius 1 is 1.28 bits per heavy atom. The number of hydrogen-bond acceptors (Lipinski definition) is 4. The highest BCUT2D eigenvalue weighted by Gasteiger charge is 2.23. The average Bonchev–Trinajstić information content (AvgIpc) is 2.55. The van der Waals surface area contributed by atoms with E-state index < -0.39 is 9.76 Å². The maximum atomic E-state index is 6.12. The molecule has 2 aromatic rings. The van der Waals surface area contributed by atoms with Crippen molar-refractivity contribution >= 4 is 32.9 Å². The Labute approximate surface area is 158 Å². The first-order chi connectivity index (χ1) is 11.7. The predicted octanol–water partition coefficient (Wildman–Crippen LogP) is 4.66. The van der Waals surface area contributed by atoms with E-state index in [2.05, 4.69) is 62.8 Å². The van der Waals surface area contributed by atoms with Gasteiger partial charge in [0, 0.05) is 18.9 Å². The second-order valence-corrected chi connectivity index (χ2v) is 10.4. The third-order valence-electron chi connectivity index (χ3n) is 4.90. The minimum absolute atomic E-state index is 0.253. The van der Waals surface area contributed by atoms with E-state index in [0.717, 1.165) is 11.5 Å². The van der Waals surface area contributed by atoms with Crippen molar-refractivity contribution < 1.29 is 4.43 Å². The van der Waals surface area contributed by atoms with E-state index in [1.807, 2.05) is 18.0 Å². The van der Waals surface area contributed by atoms with Crippen molar-refractivity contribution in [3.05, 3.63) is 46.9 Å². The molecule has 6 heteroatoms. The molecule has 0 N–H and O–H groups in total. The smallest absolute Gasteiger partial charge is 0.224 e. The lowest BCUT2D eigenvalue weighted by molar-refractivity contribution is 0.291. The molecule has 0 amide bonds. The van der Waals surface area contributed by atoms with Crippen LogP contribution < -0.4 is 4.90 Å². The Balaban J connectivity index is 2.12. The highest BCUT2D eigenvalue weighted by molar-refractivity contribution is 6.32. The molecule has 0 saturated heterocycles. The van der Waals surface area contributed by atoms with Crippen LogP contribution in [0.25, 0.3) is 0 Å². The summed E-state index contributed by atoms with van der Waals surface area (Å²) in [7, 11) is 1.39. The summed E-state index contributed by atoms with van der Waals surface area (Å²) < 4.78 is 6.12. The van der Waals surface area contributed by atoms with Crippen LogP contribution in [0.2, 0.25) is 10.3 Å². The molecule has 25 heavy (non-hydrogen) atoms. The summed E-state index contributed by atoms with van der Waals surface area (Å²) in [6, 6.07) is 8.29. The molecule has 0 atom stereocenters. The van der Waals surface area contributed by atoms with Gasteiger partial charge in [-0.3, -0.25) is 0 Å². The topological polar surface area (TPSA) is 38.2 Å². The fourth-order valence-electron chi connectivity index (χ4n) is 2.34. The largest absolute Gasteiger partial charge is 0.419 e. The number of hydrogen-bond donors (Lipinski definition) is 0. The second kappa shape index (κ2) is 8.30. The SMILES string of the molecule is Cc1ccc(CO[SiH2]C(C)(C)C(C)C)cc1N(C)c1ccnc(Cl)n1. The zero-order valence-electron chi connectivity index (χ0n) is 16.0. The van der Waals surface area contributed by atoms with Crippen LogP contribution in [-0.4, -0.2) is 26.8 Å². The van der Waals surface area contributed by atoms with Gasteiger partial charge in [-0.2, -0.15) is 0 Å². The van der Waals surface area contributed by atoms with Gasteiger partial charge in [0.25, 0.3) is 0 Å². The number of aryl methyl sites for hydroxylation is 1. The molecule has 0 aliphatic carbocycles. The normalized spacial score (nSPS) is 12.3. The molecular formula is C19H28ClN3OSi. The van der Waals surface area contributed by atoms with Crippen LogP contribution in [0.3, 0.4) is 0 Å². The van der Waals surface area contributed by atoms with Gasteiger partial charge in [0.05, 0.1) is 6.61 Å². The van der Waals surface area contributed by atoms with E-state index in [0.29, 0.717) is 17.6 Å². The van der Waals surface area contributed by atoms with Crippen LogP contribution in [0.4, 0.5) is 11.5 Å². The first-order valence-corrected chi connectivity index (χ1v) is 10.3. The molecule has 136 valence electrons. The van der Waals surface area contributed by atoms with E-state index in [1.165, 1.54) is 11.1 Å². The van der Waals surface area contributed by atoms with Crippen LogP contribution in [-0.2, 0) is 11.0 Å². The Kier molecular flexibility index (Phi) is 6.60. The van der Waals surface area contributed by atoms with Crippen LogP contribution in [0.5, 0.6) is 0 Å². The van der Waals surface area contributed by atoms with Crippen LogP contribution >= 0.6 is 11.6 Å². The number of benzene rings is 1. The van der Waals surface area contributed by atoms with Crippen molar-refractivity contribution in [1.82, 2.24) is 9.97 Å². The van der Waals surface area contributed by atoms with Crippen molar-refractivity contribution in [2.24, 2.45) is 5.92 Å². The van der Waals surface area contributed by atoms with Gasteiger partial charge in [-0.1, -0.05) is 39.8 Å². The number of rotatable bonds is 7. The van der Waals surface area contributed by atoms with Crippen molar-refractivity contribution in [1.29, 1.82) is 0 Å². The molecule has 0 aliphatic heterocycles. The van der Waals surface area contributed by atoms with E-state index in [1.54, 1.807) is 6.20 Å². The van der Waals surface area contributed by atoms with Gasteiger partial charge in [0.1, 0.15) is 5.82 Å². The van der Waals surface area contributed by atoms with Gasteiger partial charge in [0.2, 0.25) is 5.28 Å². The molecule has 1 heterocycles. The van der Waals surface area contributed by atoms with Gasteiger partial charge >= 0.3 is 0 Å². The van der Waals surface area contributed by atoms with E-state index in [-0.39, 0.29) is 5.28 Å². The highest BCUT2D eigenvalue weighted by atomic mass is 35.5. The van der Waals surface area contributed by atoms with Gasteiger partial charge in [0.15, 0.2) is 9.76 Å². The molecule has 1 aromatic carbocycles. The molecule has 2 rings (SSSR count). The summed E-state index contributed by atoms with van der Waals surface area (Å²) in [5, 5.41) is 0.561. The van der Waals surface area contributed by atoms with Gasteiger partial charge in [-0.15, -0.1) is 0 Å². The Morgan fingerprint density at radius 3 is 2.64 bits per heavy atom. The fourth-order valence-corrected chi connectivity index (χ4v) is 3.68. The lowest BCUT2D eigenvalue weighted by Crippen LogP contribution is -2.22. The minimum Gasteiger partial charge on any atom is -0.419 e. The first kappa shape index (κ1) is 19.9. The zero-order valence-corrected chi connectivity index (χ0v) is 18.2. The summed E-state index contributed by atoms with van der Waals surface area (Å²) in [4.78, 5) is 10.3. The summed E-state index contributed by atoms with van der Waals surface area (Å²) in [5.74, 6) is 1.41.